The van der Waals surface area contributed by atoms with E-state index in [1.54, 1.807) is 18.2 Å². The van der Waals surface area contributed by atoms with Crippen molar-refractivity contribution in [2.75, 3.05) is 10.0 Å². The molecule has 1 heterocycles. The first-order chi connectivity index (χ1) is 14.7. The molecule has 0 aliphatic carbocycles. The van der Waals surface area contributed by atoms with E-state index in [2.05, 4.69) is 15.0 Å². The molecule has 0 bridgehead atoms. The third-order valence-electron chi connectivity index (χ3n) is 4.85. The Labute approximate surface area is 182 Å². The normalized spacial score (nSPS) is 11.5. The molecule has 1 amide bonds. The number of fused-ring (bicyclic) bond motifs is 1. The van der Waals surface area contributed by atoms with Crippen LogP contribution in [0.25, 0.3) is 10.2 Å². The molecule has 4 aromatic rings. The Balaban J connectivity index is 1.51. The number of nitrogens with zero attached hydrogens (tertiary/aromatic N) is 1. The average molecular weight is 456 g/mol. The van der Waals surface area contributed by atoms with E-state index in [-0.39, 0.29) is 16.3 Å². The van der Waals surface area contributed by atoms with E-state index in [1.807, 2.05) is 19.9 Å². The minimum atomic E-state index is -3.80. The average Bonchev–Trinajstić information content (AvgIpc) is 3.12. The number of sulfonamides is 1. The maximum atomic E-state index is 13.3. The molecule has 4 rings (SSSR count). The van der Waals surface area contributed by atoms with Crippen molar-refractivity contribution in [3.63, 3.8) is 0 Å². The number of aromatic nitrogens is 1. The quantitative estimate of drug-likeness (QED) is 0.438. The summed E-state index contributed by atoms with van der Waals surface area (Å²) in [5.74, 6) is -0.814. The lowest BCUT2D eigenvalue weighted by molar-refractivity contribution is 0.102. The van der Waals surface area contributed by atoms with Crippen molar-refractivity contribution in [1.29, 1.82) is 0 Å². The standard InChI is InChI=1S/C22H18FN3O3S2/c1-13-4-3-5-18(14(13)2)26-31(28,29)17-9-6-15(7-10-17)21(27)25-22-24-19-11-8-16(23)12-20(19)30-22/h3-12,26H,1-2H3,(H,24,25,27). The third kappa shape index (κ3) is 4.42. The Morgan fingerprint density at radius 1 is 1.03 bits per heavy atom. The highest BCUT2D eigenvalue weighted by Gasteiger charge is 2.17. The number of aryl methyl sites for hydroxylation is 1. The Morgan fingerprint density at radius 2 is 1.77 bits per heavy atom. The van der Waals surface area contributed by atoms with Gasteiger partial charge in [0.2, 0.25) is 0 Å². The predicted molar refractivity (Wildman–Crippen MR) is 121 cm³/mol. The summed E-state index contributed by atoms with van der Waals surface area (Å²) in [5, 5.41) is 2.99. The number of amides is 1. The number of nitrogens with one attached hydrogen (secondary N) is 2. The fourth-order valence-electron chi connectivity index (χ4n) is 2.97. The van der Waals surface area contributed by atoms with Crippen LogP contribution in [0.5, 0.6) is 0 Å². The Hall–Kier alpha value is -3.30. The van der Waals surface area contributed by atoms with Crippen molar-refractivity contribution >= 4 is 48.3 Å². The maximum Gasteiger partial charge on any atom is 0.261 e. The molecule has 0 unspecified atom stereocenters. The fraction of sp³-hybridized carbons (Fsp3) is 0.0909. The van der Waals surface area contributed by atoms with Crippen LogP contribution < -0.4 is 10.0 Å². The molecule has 0 saturated heterocycles. The van der Waals surface area contributed by atoms with Crippen LogP contribution >= 0.6 is 11.3 Å². The number of hydrogen-bond donors (Lipinski definition) is 2. The minimum Gasteiger partial charge on any atom is -0.298 e. The molecule has 0 radical (unpaired) electrons. The minimum absolute atomic E-state index is 0.0421. The first-order valence-electron chi connectivity index (χ1n) is 9.29. The number of hydrogen-bond acceptors (Lipinski definition) is 5. The number of carbonyl (C=O) groups is 1. The second-order valence-corrected chi connectivity index (χ2v) is 9.68. The van der Waals surface area contributed by atoms with Crippen molar-refractivity contribution < 1.29 is 17.6 Å². The maximum absolute atomic E-state index is 13.3. The second-order valence-electron chi connectivity index (χ2n) is 6.96. The van der Waals surface area contributed by atoms with Gasteiger partial charge in [0.05, 0.1) is 20.8 Å². The van der Waals surface area contributed by atoms with E-state index in [0.29, 0.717) is 21.0 Å². The van der Waals surface area contributed by atoms with Crippen molar-refractivity contribution in [3.8, 4) is 0 Å². The molecule has 2 N–H and O–H groups in total. The molecule has 31 heavy (non-hydrogen) atoms. The molecule has 9 heteroatoms. The van der Waals surface area contributed by atoms with Crippen molar-refractivity contribution in [3.05, 3.63) is 83.2 Å². The van der Waals surface area contributed by atoms with Gasteiger partial charge in [0.1, 0.15) is 5.82 Å². The molecule has 158 valence electrons. The number of halogens is 1. The van der Waals surface area contributed by atoms with E-state index in [9.17, 15) is 17.6 Å². The zero-order valence-electron chi connectivity index (χ0n) is 16.6. The fourth-order valence-corrected chi connectivity index (χ4v) is 4.98. The van der Waals surface area contributed by atoms with Crippen LogP contribution in [0.3, 0.4) is 0 Å². The van der Waals surface area contributed by atoms with Crippen molar-refractivity contribution in [2.45, 2.75) is 18.7 Å². The van der Waals surface area contributed by atoms with Gasteiger partial charge in [-0.25, -0.2) is 17.8 Å². The lowest BCUT2D eigenvalue weighted by Gasteiger charge is -2.12. The highest BCUT2D eigenvalue weighted by molar-refractivity contribution is 7.92. The van der Waals surface area contributed by atoms with Gasteiger partial charge in [0, 0.05) is 5.56 Å². The van der Waals surface area contributed by atoms with Crippen LogP contribution in [-0.4, -0.2) is 19.3 Å². The number of benzene rings is 3. The van der Waals surface area contributed by atoms with Gasteiger partial charge in [0.25, 0.3) is 15.9 Å². The van der Waals surface area contributed by atoms with E-state index >= 15 is 0 Å². The number of carbonyl (C=O) groups excluding carboxylic acids is 1. The number of anilines is 2. The molecule has 6 nitrogen and oxygen atoms in total. The van der Waals surface area contributed by atoms with Gasteiger partial charge in [0.15, 0.2) is 5.13 Å². The molecule has 0 saturated carbocycles. The molecule has 1 aromatic heterocycles. The molecule has 0 spiro atoms. The second kappa shape index (κ2) is 8.09. The SMILES string of the molecule is Cc1cccc(NS(=O)(=O)c2ccc(C(=O)Nc3nc4ccc(F)cc4s3)cc2)c1C. The lowest BCUT2D eigenvalue weighted by atomic mass is 10.1. The number of thiazole rings is 1. The van der Waals surface area contributed by atoms with Gasteiger partial charge < -0.3 is 0 Å². The van der Waals surface area contributed by atoms with Crippen LogP contribution in [0.15, 0.2) is 65.6 Å². The van der Waals surface area contributed by atoms with Gasteiger partial charge in [-0.05, 0) is 73.5 Å². The zero-order valence-corrected chi connectivity index (χ0v) is 18.3. The molecular weight excluding hydrogens is 437 g/mol. The highest BCUT2D eigenvalue weighted by atomic mass is 32.2. The predicted octanol–water partition coefficient (Wildman–Crippen LogP) is 5.11. The van der Waals surface area contributed by atoms with E-state index < -0.39 is 15.9 Å². The monoisotopic (exact) mass is 455 g/mol. The van der Waals surface area contributed by atoms with Gasteiger partial charge in [-0.3, -0.25) is 14.8 Å². The van der Waals surface area contributed by atoms with Gasteiger partial charge in [-0.1, -0.05) is 23.5 Å². The summed E-state index contributed by atoms with van der Waals surface area (Å²) in [6, 6.07) is 15.2. The molecular formula is C22H18FN3O3S2. The molecule has 0 fully saturated rings. The smallest absolute Gasteiger partial charge is 0.261 e. The first kappa shape index (κ1) is 21.0. The Morgan fingerprint density at radius 3 is 2.52 bits per heavy atom. The van der Waals surface area contributed by atoms with Crippen molar-refractivity contribution in [2.24, 2.45) is 0 Å². The van der Waals surface area contributed by atoms with Crippen LogP contribution in [0.1, 0.15) is 21.5 Å². The number of rotatable bonds is 5. The van der Waals surface area contributed by atoms with Gasteiger partial charge in [-0.15, -0.1) is 0 Å². The van der Waals surface area contributed by atoms with E-state index in [0.717, 1.165) is 22.5 Å². The summed E-state index contributed by atoms with van der Waals surface area (Å²) < 4.78 is 42.0. The third-order valence-corrected chi connectivity index (χ3v) is 7.16. The van der Waals surface area contributed by atoms with Crippen LogP contribution in [-0.2, 0) is 10.0 Å². The zero-order chi connectivity index (χ0) is 22.2. The summed E-state index contributed by atoms with van der Waals surface area (Å²) in [5.41, 5.74) is 3.19. The summed E-state index contributed by atoms with van der Waals surface area (Å²) in [7, 11) is -3.80. The Bertz CT molecular complexity index is 1400. The summed E-state index contributed by atoms with van der Waals surface area (Å²) in [6.07, 6.45) is 0. The summed E-state index contributed by atoms with van der Waals surface area (Å²) in [6.45, 7) is 3.75. The Kier molecular flexibility index (Phi) is 5.47. The topological polar surface area (TPSA) is 88.2 Å². The van der Waals surface area contributed by atoms with E-state index in [4.69, 9.17) is 0 Å². The molecule has 0 aliphatic rings. The molecule has 0 aliphatic heterocycles. The molecule has 3 aromatic carbocycles. The van der Waals surface area contributed by atoms with E-state index in [1.165, 1.54) is 36.4 Å². The van der Waals surface area contributed by atoms with Gasteiger partial charge >= 0.3 is 0 Å². The van der Waals surface area contributed by atoms with Crippen LogP contribution in [0, 0.1) is 19.7 Å². The van der Waals surface area contributed by atoms with Crippen LogP contribution in [0.4, 0.5) is 15.2 Å². The summed E-state index contributed by atoms with van der Waals surface area (Å²) in [4.78, 5) is 16.8. The van der Waals surface area contributed by atoms with Crippen molar-refractivity contribution in [1.82, 2.24) is 4.98 Å². The molecule has 0 atom stereocenters. The largest absolute Gasteiger partial charge is 0.298 e. The van der Waals surface area contributed by atoms with Crippen LogP contribution in [0.2, 0.25) is 0 Å². The van der Waals surface area contributed by atoms with Gasteiger partial charge in [-0.2, -0.15) is 0 Å². The summed E-state index contributed by atoms with van der Waals surface area (Å²) >= 11 is 1.16. The highest BCUT2D eigenvalue weighted by Crippen LogP contribution is 2.27. The lowest BCUT2D eigenvalue weighted by Crippen LogP contribution is -2.15. The first-order valence-corrected chi connectivity index (χ1v) is 11.6.